The number of carboxylic acid groups (broad SMARTS) is 1. The number of carbonyl (C=O) groups is 1. The Labute approximate surface area is 113 Å². The number of hydrogen-bond acceptors (Lipinski definition) is 3. The molecule has 2 N–H and O–H groups in total. The Morgan fingerprint density at radius 1 is 1.53 bits per heavy atom. The number of likely N-dealkylation sites (N-methyl/N-ethyl adjacent to an activating group) is 1. The van der Waals surface area contributed by atoms with E-state index in [9.17, 15) is 9.18 Å². The van der Waals surface area contributed by atoms with Gasteiger partial charge in [0, 0.05) is 19.1 Å². The van der Waals surface area contributed by atoms with Gasteiger partial charge in [-0.3, -0.25) is 0 Å². The summed E-state index contributed by atoms with van der Waals surface area (Å²) in [6, 6.07) is 4.37. The van der Waals surface area contributed by atoms with Crippen LogP contribution in [-0.4, -0.2) is 42.2 Å². The summed E-state index contributed by atoms with van der Waals surface area (Å²) in [5.41, 5.74) is 0.294. The van der Waals surface area contributed by atoms with Crippen molar-refractivity contribution >= 4 is 11.7 Å². The number of nitrogens with zero attached hydrogens (tertiary/aromatic N) is 1. The molecule has 4 nitrogen and oxygen atoms in total. The SMILES string of the molecule is CCC(C)N(C)CCNc1ccc(C(=O)O)cc1F. The second kappa shape index (κ2) is 7.09. The summed E-state index contributed by atoms with van der Waals surface area (Å²) in [7, 11) is 2.03. The predicted octanol–water partition coefficient (Wildman–Crippen LogP) is 2.67. The molecule has 1 aromatic rings. The molecule has 106 valence electrons. The molecular weight excluding hydrogens is 247 g/mol. The van der Waals surface area contributed by atoms with Gasteiger partial charge in [0.25, 0.3) is 0 Å². The zero-order valence-corrected chi connectivity index (χ0v) is 11.6. The number of nitrogens with one attached hydrogen (secondary N) is 1. The van der Waals surface area contributed by atoms with E-state index in [4.69, 9.17) is 5.11 Å². The fraction of sp³-hybridized carbons (Fsp3) is 0.500. The number of halogens is 1. The maximum Gasteiger partial charge on any atom is 0.335 e. The molecule has 0 aromatic heterocycles. The van der Waals surface area contributed by atoms with Crippen molar-refractivity contribution in [3.05, 3.63) is 29.6 Å². The molecule has 1 rings (SSSR count). The van der Waals surface area contributed by atoms with Gasteiger partial charge in [0.15, 0.2) is 0 Å². The van der Waals surface area contributed by atoms with E-state index in [1.165, 1.54) is 12.1 Å². The van der Waals surface area contributed by atoms with Crippen LogP contribution < -0.4 is 5.32 Å². The molecular formula is C14H21FN2O2. The van der Waals surface area contributed by atoms with Crippen molar-refractivity contribution in [1.29, 1.82) is 0 Å². The molecule has 0 spiro atoms. The topological polar surface area (TPSA) is 52.6 Å². The fourth-order valence-corrected chi connectivity index (χ4v) is 1.69. The average Bonchev–Trinajstić information content (AvgIpc) is 2.39. The van der Waals surface area contributed by atoms with Gasteiger partial charge in [-0.2, -0.15) is 0 Å². The third kappa shape index (κ3) is 4.52. The van der Waals surface area contributed by atoms with Gasteiger partial charge in [-0.25, -0.2) is 9.18 Å². The van der Waals surface area contributed by atoms with E-state index in [1.807, 2.05) is 7.05 Å². The van der Waals surface area contributed by atoms with Crippen LogP contribution in [0.1, 0.15) is 30.6 Å². The largest absolute Gasteiger partial charge is 0.478 e. The van der Waals surface area contributed by atoms with Crippen molar-refractivity contribution in [2.45, 2.75) is 26.3 Å². The van der Waals surface area contributed by atoms with E-state index in [-0.39, 0.29) is 5.56 Å². The van der Waals surface area contributed by atoms with Crippen molar-refractivity contribution in [3.63, 3.8) is 0 Å². The number of carboxylic acids is 1. The third-order valence-corrected chi connectivity index (χ3v) is 3.34. The first kappa shape index (κ1) is 15.4. The first-order chi connectivity index (χ1) is 8.95. The molecule has 1 unspecified atom stereocenters. The van der Waals surface area contributed by atoms with Gasteiger partial charge in [-0.05, 0) is 38.6 Å². The Kier molecular flexibility index (Phi) is 5.76. The second-order valence-electron chi connectivity index (χ2n) is 4.66. The summed E-state index contributed by atoms with van der Waals surface area (Å²) >= 11 is 0. The molecule has 0 saturated carbocycles. The molecule has 0 amide bonds. The van der Waals surface area contributed by atoms with Crippen LogP contribution in [0.25, 0.3) is 0 Å². The van der Waals surface area contributed by atoms with E-state index in [0.717, 1.165) is 19.0 Å². The maximum absolute atomic E-state index is 13.6. The lowest BCUT2D eigenvalue weighted by atomic mass is 10.2. The van der Waals surface area contributed by atoms with Crippen LogP contribution in [0.2, 0.25) is 0 Å². The van der Waals surface area contributed by atoms with Crippen LogP contribution in [0, 0.1) is 5.82 Å². The Hall–Kier alpha value is -1.62. The number of anilines is 1. The molecule has 0 fully saturated rings. The molecule has 5 heteroatoms. The average molecular weight is 268 g/mol. The minimum absolute atomic E-state index is 0.0419. The van der Waals surface area contributed by atoms with Gasteiger partial charge < -0.3 is 15.3 Å². The van der Waals surface area contributed by atoms with E-state index in [1.54, 1.807) is 0 Å². The van der Waals surface area contributed by atoms with Crippen molar-refractivity contribution in [1.82, 2.24) is 4.90 Å². The summed E-state index contributed by atoms with van der Waals surface area (Å²) in [6.07, 6.45) is 1.07. The molecule has 0 heterocycles. The highest BCUT2D eigenvalue weighted by Crippen LogP contribution is 2.15. The summed E-state index contributed by atoms with van der Waals surface area (Å²) in [6.45, 7) is 5.68. The molecule has 0 aliphatic carbocycles. The number of aromatic carboxylic acids is 1. The molecule has 1 aromatic carbocycles. The van der Waals surface area contributed by atoms with Gasteiger partial charge in [-0.1, -0.05) is 6.92 Å². The standard InChI is InChI=1S/C14H21FN2O2/c1-4-10(2)17(3)8-7-16-13-6-5-11(14(18)19)9-12(13)15/h5-6,9-10,16H,4,7-8H2,1-3H3,(H,18,19). The second-order valence-corrected chi connectivity index (χ2v) is 4.66. The Balaban J connectivity index is 2.52. The fourth-order valence-electron chi connectivity index (χ4n) is 1.69. The Bertz CT molecular complexity index is 437. The molecule has 0 saturated heterocycles. The minimum atomic E-state index is -1.12. The van der Waals surface area contributed by atoms with E-state index in [0.29, 0.717) is 18.3 Å². The van der Waals surface area contributed by atoms with Crippen LogP contribution >= 0.6 is 0 Å². The first-order valence-corrected chi connectivity index (χ1v) is 6.42. The lowest BCUT2D eigenvalue weighted by molar-refractivity contribution is 0.0696. The van der Waals surface area contributed by atoms with Crippen LogP contribution in [-0.2, 0) is 0 Å². The van der Waals surface area contributed by atoms with Crippen molar-refractivity contribution in [2.75, 3.05) is 25.5 Å². The van der Waals surface area contributed by atoms with E-state index in [2.05, 4.69) is 24.1 Å². The van der Waals surface area contributed by atoms with Crippen LogP contribution in [0.15, 0.2) is 18.2 Å². The molecule has 0 bridgehead atoms. The predicted molar refractivity (Wildman–Crippen MR) is 74.2 cm³/mol. The lowest BCUT2D eigenvalue weighted by Gasteiger charge is -2.23. The van der Waals surface area contributed by atoms with Crippen molar-refractivity contribution in [2.24, 2.45) is 0 Å². The van der Waals surface area contributed by atoms with E-state index < -0.39 is 11.8 Å². The zero-order valence-electron chi connectivity index (χ0n) is 11.6. The molecule has 0 radical (unpaired) electrons. The third-order valence-electron chi connectivity index (χ3n) is 3.34. The number of rotatable bonds is 7. The number of hydrogen-bond donors (Lipinski definition) is 2. The van der Waals surface area contributed by atoms with Crippen LogP contribution in [0.3, 0.4) is 0 Å². The lowest BCUT2D eigenvalue weighted by Crippen LogP contribution is -2.32. The molecule has 19 heavy (non-hydrogen) atoms. The maximum atomic E-state index is 13.6. The van der Waals surface area contributed by atoms with Gasteiger partial charge >= 0.3 is 5.97 Å². The van der Waals surface area contributed by atoms with Crippen molar-refractivity contribution < 1.29 is 14.3 Å². The first-order valence-electron chi connectivity index (χ1n) is 6.42. The summed E-state index contributed by atoms with van der Waals surface area (Å²) in [5, 5.41) is 11.7. The highest BCUT2D eigenvalue weighted by Gasteiger charge is 2.09. The highest BCUT2D eigenvalue weighted by molar-refractivity contribution is 5.88. The monoisotopic (exact) mass is 268 g/mol. The van der Waals surface area contributed by atoms with Gasteiger partial charge in [0.2, 0.25) is 0 Å². The molecule has 0 aliphatic heterocycles. The molecule has 1 atom stereocenters. The highest BCUT2D eigenvalue weighted by atomic mass is 19.1. The van der Waals surface area contributed by atoms with Crippen LogP contribution in [0.4, 0.5) is 10.1 Å². The quantitative estimate of drug-likeness (QED) is 0.798. The van der Waals surface area contributed by atoms with Gasteiger partial charge in [0.1, 0.15) is 5.82 Å². The van der Waals surface area contributed by atoms with E-state index >= 15 is 0 Å². The minimum Gasteiger partial charge on any atom is -0.478 e. The van der Waals surface area contributed by atoms with Gasteiger partial charge in [-0.15, -0.1) is 0 Å². The normalized spacial score (nSPS) is 12.5. The van der Waals surface area contributed by atoms with Crippen molar-refractivity contribution in [3.8, 4) is 0 Å². The zero-order chi connectivity index (χ0) is 14.4. The Morgan fingerprint density at radius 2 is 2.21 bits per heavy atom. The van der Waals surface area contributed by atoms with Crippen LogP contribution in [0.5, 0.6) is 0 Å². The number of benzene rings is 1. The summed E-state index contributed by atoms with van der Waals surface area (Å²) in [5.74, 6) is -1.66. The molecule has 0 aliphatic rings. The summed E-state index contributed by atoms with van der Waals surface area (Å²) in [4.78, 5) is 12.9. The van der Waals surface area contributed by atoms with Gasteiger partial charge in [0.05, 0.1) is 11.3 Å². The smallest absolute Gasteiger partial charge is 0.335 e. The Morgan fingerprint density at radius 3 is 2.74 bits per heavy atom. The summed E-state index contributed by atoms with van der Waals surface area (Å²) < 4.78 is 13.6.